The van der Waals surface area contributed by atoms with Crippen LogP contribution in [0.2, 0.25) is 0 Å². The lowest BCUT2D eigenvalue weighted by Crippen LogP contribution is -2.25. The summed E-state index contributed by atoms with van der Waals surface area (Å²) >= 11 is 0. The van der Waals surface area contributed by atoms with Crippen molar-refractivity contribution in [2.45, 2.75) is 48.5 Å². The SMILES string of the molecule is CC(=O)/C=C\C=C(/C)C(=O)Nc1c(C)c(OC(C)=O)c2c(c1O)C(=O)C(C)=C1OCOC(/C(C)=C/C(C)=O)=C12. The molecule has 1 aromatic carbocycles. The summed E-state index contributed by atoms with van der Waals surface area (Å²) in [6.07, 6.45) is 5.45. The first-order chi connectivity index (χ1) is 18.3. The summed E-state index contributed by atoms with van der Waals surface area (Å²) < 4.78 is 16.9. The molecule has 1 heterocycles. The number of Topliss-reactive ketones (excluding diaryl/α,β-unsaturated/α-hetero) is 1. The van der Waals surface area contributed by atoms with Gasteiger partial charge in [-0.15, -0.1) is 0 Å². The minimum Gasteiger partial charge on any atom is -0.505 e. The molecule has 0 saturated heterocycles. The molecule has 10 heteroatoms. The summed E-state index contributed by atoms with van der Waals surface area (Å²) in [5.41, 5.74) is 0.805. The molecule has 1 aliphatic heterocycles. The standard InChI is InChI=1S/C29H29NO9/c1-13(9-8-10-15(3)31)29(36)30-23-17(5)28(39-19(7)33)20-21(25(23)35)24(34)18(6)27-22(20)26(37-12-38-27)14(2)11-16(4)32/h8-11,35H,12H2,1-7H3,(H,30,36)/b10-8-,13-9+,14-11+. The monoisotopic (exact) mass is 535 g/mol. The Morgan fingerprint density at radius 3 is 2.23 bits per heavy atom. The van der Waals surface area contributed by atoms with Gasteiger partial charge in [-0.2, -0.15) is 0 Å². The van der Waals surface area contributed by atoms with Gasteiger partial charge in [0, 0.05) is 29.2 Å². The van der Waals surface area contributed by atoms with Crippen LogP contribution in [0.25, 0.3) is 5.57 Å². The van der Waals surface area contributed by atoms with E-state index in [-0.39, 0.29) is 74.7 Å². The van der Waals surface area contributed by atoms with Gasteiger partial charge in [-0.1, -0.05) is 12.2 Å². The Bertz CT molecular complexity index is 1480. The summed E-state index contributed by atoms with van der Waals surface area (Å²) in [7, 11) is 0. The molecular weight excluding hydrogens is 506 g/mol. The van der Waals surface area contributed by atoms with Crippen molar-refractivity contribution in [1.29, 1.82) is 0 Å². The lowest BCUT2D eigenvalue weighted by atomic mass is 9.81. The zero-order chi connectivity index (χ0) is 29.2. The molecule has 2 aliphatic rings. The van der Waals surface area contributed by atoms with Crippen LogP contribution < -0.4 is 10.1 Å². The van der Waals surface area contributed by atoms with Crippen LogP contribution in [0.5, 0.6) is 11.5 Å². The van der Waals surface area contributed by atoms with E-state index in [1.807, 2.05) is 0 Å². The predicted molar refractivity (Wildman–Crippen MR) is 142 cm³/mol. The minimum absolute atomic E-state index is 0.0338. The van der Waals surface area contributed by atoms with Gasteiger partial charge in [0.2, 0.25) is 6.79 Å². The summed E-state index contributed by atoms with van der Waals surface area (Å²) in [4.78, 5) is 61.6. The molecule has 0 unspecified atom stereocenters. The molecule has 0 saturated carbocycles. The van der Waals surface area contributed by atoms with Crippen LogP contribution in [0.4, 0.5) is 5.69 Å². The number of carbonyl (C=O) groups excluding carboxylic acids is 5. The Kier molecular flexibility index (Phi) is 8.39. The van der Waals surface area contributed by atoms with Crippen LogP contribution in [0.15, 0.2) is 52.5 Å². The van der Waals surface area contributed by atoms with Gasteiger partial charge in [-0.3, -0.25) is 24.0 Å². The van der Waals surface area contributed by atoms with Gasteiger partial charge in [0.05, 0.1) is 16.8 Å². The number of phenols is 1. The first kappa shape index (κ1) is 28.8. The Hall–Kier alpha value is -4.73. The Morgan fingerprint density at radius 1 is 0.974 bits per heavy atom. The van der Waals surface area contributed by atoms with Gasteiger partial charge >= 0.3 is 5.97 Å². The maximum atomic E-state index is 13.5. The Labute approximate surface area is 225 Å². The molecule has 0 atom stereocenters. The normalized spacial score (nSPS) is 15.4. The number of ether oxygens (including phenoxy) is 3. The second-order valence-corrected chi connectivity index (χ2v) is 9.13. The number of anilines is 1. The highest BCUT2D eigenvalue weighted by molar-refractivity contribution is 6.21. The number of amides is 1. The van der Waals surface area contributed by atoms with E-state index in [0.29, 0.717) is 5.57 Å². The van der Waals surface area contributed by atoms with Crippen LogP contribution in [0, 0.1) is 6.92 Å². The van der Waals surface area contributed by atoms with E-state index in [4.69, 9.17) is 14.2 Å². The van der Waals surface area contributed by atoms with Gasteiger partial charge in [-0.05, 0) is 59.3 Å². The molecule has 2 N–H and O–H groups in total. The molecule has 0 fully saturated rings. The van der Waals surface area contributed by atoms with Gasteiger partial charge in [0.15, 0.2) is 23.1 Å². The van der Waals surface area contributed by atoms with Gasteiger partial charge in [0.1, 0.15) is 17.3 Å². The second kappa shape index (κ2) is 11.3. The number of phenolic OH excluding ortho intramolecular Hbond substituents is 1. The quantitative estimate of drug-likeness (QED) is 0.171. The van der Waals surface area contributed by atoms with Crippen molar-refractivity contribution in [3.05, 3.63) is 69.2 Å². The number of ketones is 3. The Balaban J connectivity index is 2.35. The molecule has 0 spiro atoms. The van der Waals surface area contributed by atoms with E-state index < -0.39 is 23.4 Å². The molecule has 1 aliphatic carbocycles. The van der Waals surface area contributed by atoms with Crippen LogP contribution in [0.3, 0.4) is 0 Å². The van der Waals surface area contributed by atoms with E-state index in [1.165, 1.54) is 65.8 Å². The molecule has 3 rings (SSSR count). The highest BCUT2D eigenvalue weighted by Gasteiger charge is 2.41. The smallest absolute Gasteiger partial charge is 0.308 e. The number of hydrogen-bond acceptors (Lipinski definition) is 9. The fraction of sp³-hybridized carbons (Fsp3) is 0.276. The molecule has 39 heavy (non-hydrogen) atoms. The number of aromatic hydroxyl groups is 1. The first-order valence-electron chi connectivity index (χ1n) is 12.0. The summed E-state index contributed by atoms with van der Waals surface area (Å²) in [5.74, 6) is -2.69. The van der Waals surface area contributed by atoms with Gasteiger partial charge < -0.3 is 24.6 Å². The summed E-state index contributed by atoms with van der Waals surface area (Å²) in [6, 6.07) is 0. The van der Waals surface area contributed by atoms with Crippen molar-refractivity contribution in [3.63, 3.8) is 0 Å². The van der Waals surface area contributed by atoms with Crippen molar-refractivity contribution in [2.24, 2.45) is 0 Å². The number of benzene rings is 1. The van der Waals surface area contributed by atoms with Crippen molar-refractivity contribution in [3.8, 4) is 11.5 Å². The van der Waals surface area contributed by atoms with E-state index in [1.54, 1.807) is 6.92 Å². The third kappa shape index (κ3) is 5.74. The molecule has 0 aromatic heterocycles. The number of carbonyl (C=O) groups is 5. The lowest BCUT2D eigenvalue weighted by Gasteiger charge is -2.32. The third-order valence-corrected chi connectivity index (χ3v) is 5.98. The van der Waals surface area contributed by atoms with E-state index in [2.05, 4.69) is 5.32 Å². The van der Waals surface area contributed by atoms with Crippen molar-refractivity contribution >= 4 is 40.5 Å². The largest absolute Gasteiger partial charge is 0.505 e. The lowest BCUT2D eigenvalue weighted by molar-refractivity contribution is -0.132. The first-order valence-corrected chi connectivity index (χ1v) is 12.0. The molecule has 1 aromatic rings. The Morgan fingerprint density at radius 2 is 1.64 bits per heavy atom. The zero-order valence-electron chi connectivity index (χ0n) is 22.7. The second-order valence-electron chi connectivity index (χ2n) is 9.13. The summed E-state index contributed by atoms with van der Waals surface area (Å²) in [6.45, 7) is 9.82. The van der Waals surface area contributed by atoms with Crippen molar-refractivity contribution in [1.82, 2.24) is 0 Å². The fourth-order valence-electron chi connectivity index (χ4n) is 4.22. The zero-order valence-corrected chi connectivity index (χ0v) is 22.7. The van der Waals surface area contributed by atoms with Gasteiger partial charge in [-0.25, -0.2) is 0 Å². The highest BCUT2D eigenvalue weighted by Crippen LogP contribution is 2.52. The van der Waals surface area contributed by atoms with Gasteiger partial charge in [0.25, 0.3) is 5.91 Å². The molecular formula is C29H29NO9. The third-order valence-electron chi connectivity index (χ3n) is 5.98. The highest BCUT2D eigenvalue weighted by atomic mass is 16.7. The molecule has 0 bridgehead atoms. The van der Waals surface area contributed by atoms with Crippen LogP contribution >= 0.6 is 0 Å². The van der Waals surface area contributed by atoms with Crippen LogP contribution in [-0.4, -0.2) is 41.1 Å². The average Bonchev–Trinajstić information content (AvgIpc) is 2.85. The van der Waals surface area contributed by atoms with E-state index in [0.717, 1.165) is 0 Å². The van der Waals surface area contributed by atoms with Crippen molar-refractivity contribution in [2.75, 3.05) is 12.1 Å². The van der Waals surface area contributed by atoms with Crippen LogP contribution in [-0.2, 0) is 28.7 Å². The number of fused-ring (bicyclic) bond motifs is 3. The number of hydrogen-bond donors (Lipinski definition) is 2. The van der Waals surface area contributed by atoms with E-state index in [9.17, 15) is 29.1 Å². The average molecular weight is 536 g/mol. The van der Waals surface area contributed by atoms with Crippen LogP contribution in [0.1, 0.15) is 63.0 Å². The maximum Gasteiger partial charge on any atom is 0.308 e. The number of allylic oxidation sites excluding steroid dienone is 7. The van der Waals surface area contributed by atoms with Crippen molar-refractivity contribution < 1.29 is 43.3 Å². The number of rotatable bonds is 7. The molecule has 1 amide bonds. The summed E-state index contributed by atoms with van der Waals surface area (Å²) in [5, 5.41) is 13.9. The maximum absolute atomic E-state index is 13.5. The predicted octanol–water partition coefficient (Wildman–Crippen LogP) is 4.38. The van der Waals surface area contributed by atoms with E-state index >= 15 is 0 Å². The number of nitrogens with one attached hydrogen (secondary N) is 1. The topological polar surface area (TPSA) is 145 Å². The number of esters is 1. The fourth-order valence-corrected chi connectivity index (χ4v) is 4.22. The minimum atomic E-state index is -0.718. The molecule has 0 radical (unpaired) electrons. The molecule has 204 valence electrons. The molecule has 10 nitrogen and oxygen atoms in total.